The van der Waals surface area contributed by atoms with Crippen molar-refractivity contribution in [3.05, 3.63) is 49.7 Å². The van der Waals surface area contributed by atoms with E-state index in [4.69, 9.17) is 9.47 Å². The zero-order valence-electron chi connectivity index (χ0n) is 15.8. The number of fused-ring (bicyclic) bond motifs is 1. The summed E-state index contributed by atoms with van der Waals surface area (Å²) >= 11 is 1.66. The Kier molecular flexibility index (Phi) is 5.64. The number of thiophene rings is 1. The number of hydrogen-bond acceptors (Lipinski definition) is 7. The Labute approximate surface area is 165 Å². The summed E-state index contributed by atoms with van der Waals surface area (Å²) in [4.78, 5) is 38.4. The van der Waals surface area contributed by atoms with Gasteiger partial charge in [-0.25, -0.2) is 0 Å². The van der Waals surface area contributed by atoms with Gasteiger partial charge in [0.15, 0.2) is 11.5 Å². The van der Waals surface area contributed by atoms with Gasteiger partial charge in [-0.15, -0.1) is 11.3 Å². The van der Waals surface area contributed by atoms with Gasteiger partial charge in [-0.3, -0.25) is 19.7 Å². The smallest absolute Gasteiger partial charge is 0.308 e. The monoisotopic (exact) mass is 404 g/mol. The summed E-state index contributed by atoms with van der Waals surface area (Å²) in [6.45, 7) is 3.58. The lowest BCUT2D eigenvalue weighted by atomic mass is 9.98. The lowest BCUT2D eigenvalue weighted by molar-refractivity contribution is -0.385. The summed E-state index contributed by atoms with van der Waals surface area (Å²) in [5, 5.41) is 13.6. The molecule has 0 unspecified atom stereocenters. The Morgan fingerprint density at radius 2 is 2.11 bits per heavy atom. The van der Waals surface area contributed by atoms with E-state index in [1.54, 1.807) is 16.2 Å². The van der Waals surface area contributed by atoms with Gasteiger partial charge in [0.25, 0.3) is 11.6 Å². The molecule has 1 amide bonds. The second-order valence-corrected chi connectivity index (χ2v) is 7.44. The second-order valence-electron chi connectivity index (χ2n) is 6.44. The van der Waals surface area contributed by atoms with Gasteiger partial charge in [-0.2, -0.15) is 0 Å². The molecule has 1 atom stereocenters. The highest BCUT2D eigenvalue weighted by atomic mass is 32.1. The molecule has 2 aromatic rings. The number of carbonyl (C=O) groups excluding carboxylic acids is 2. The molecular weight excluding hydrogens is 384 g/mol. The molecular formula is C19H20N2O6S. The Balaban J connectivity index is 2.05. The number of carbonyl (C=O) groups is 2. The first-order valence-electron chi connectivity index (χ1n) is 8.76. The normalized spacial score (nSPS) is 15.7. The number of nitrogens with zero attached hydrogens (tertiary/aromatic N) is 2. The molecule has 28 heavy (non-hydrogen) atoms. The molecule has 0 saturated carbocycles. The van der Waals surface area contributed by atoms with Gasteiger partial charge in [0, 0.05) is 36.9 Å². The zero-order valence-corrected chi connectivity index (χ0v) is 16.6. The fourth-order valence-corrected chi connectivity index (χ4v) is 4.32. The van der Waals surface area contributed by atoms with E-state index in [9.17, 15) is 19.7 Å². The number of hydrogen-bond donors (Lipinski definition) is 0. The van der Waals surface area contributed by atoms with Gasteiger partial charge in [0.05, 0.1) is 18.1 Å². The van der Waals surface area contributed by atoms with Crippen LogP contribution in [-0.4, -0.2) is 34.9 Å². The van der Waals surface area contributed by atoms with Gasteiger partial charge < -0.3 is 14.4 Å². The third-order valence-corrected chi connectivity index (χ3v) is 5.72. The summed E-state index contributed by atoms with van der Waals surface area (Å²) in [5.74, 6) is -1.09. The van der Waals surface area contributed by atoms with Crippen LogP contribution < -0.4 is 9.47 Å². The number of methoxy groups -OCH3 is 1. The van der Waals surface area contributed by atoms with Crippen LogP contribution in [0.15, 0.2) is 23.6 Å². The first-order chi connectivity index (χ1) is 13.3. The summed E-state index contributed by atoms with van der Waals surface area (Å²) in [5.41, 5.74) is 0.553. The van der Waals surface area contributed by atoms with Crippen LogP contribution in [0, 0.1) is 10.1 Å². The van der Waals surface area contributed by atoms with Crippen molar-refractivity contribution < 1.29 is 24.0 Å². The Bertz CT molecular complexity index is 939. The SMILES string of the molecule is CC[C@@H]1Cc2sccc2CN1C(=O)c1cc(OC)c(OC(C)=O)cc1[N+](=O)[O-]. The van der Waals surface area contributed by atoms with Gasteiger partial charge in [0.2, 0.25) is 0 Å². The number of ether oxygens (including phenoxy) is 2. The van der Waals surface area contributed by atoms with E-state index in [0.29, 0.717) is 6.54 Å². The average molecular weight is 404 g/mol. The molecule has 0 spiro atoms. The predicted octanol–water partition coefficient (Wildman–Crippen LogP) is 3.57. The summed E-state index contributed by atoms with van der Waals surface area (Å²) in [6, 6.07) is 4.27. The molecule has 1 aromatic heterocycles. The van der Waals surface area contributed by atoms with Crippen molar-refractivity contribution in [2.75, 3.05) is 7.11 Å². The predicted molar refractivity (Wildman–Crippen MR) is 103 cm³/mol. The Hall–Kier alpha value is -2.94. The summed E-state index contributed by atoms with van der Waals surface area (Å²) < 4.78 is 10.2. The van der Waals surface area contributed by atoms with Gasteiger partial charge in [-0.05, 0) is 23.4 Å². The van der Waals surface area contributed by atoms with Crippen molar-refractivity contribution in [1.29, 1.82) is 0 Å². The third-order valence-electron chi connectivity index (χ3n) is 4.74. The lowest BCUT2D eigenvalue weighted by Gasteiger charge is -2.35. The minimum absolute atomic E-state index is 0.0441. The van der Waals surface area contributed by atoms with Crippen molar-refractivity contribution in [3.63, 3.8) is 0 Å². The first-order valence-corrected chi connectivity index (χ1v) is 9.64. The standard InChI is InChI=1S/C19H20N2O6S/c1-4-13-7-18-12(5-6-28-18)10-20(13)19(23)14-8-16(26-3)17(27-11(2)22)9-15(14)21(24)25/h5-6,8-9,13H,4,7,10H2,1-3H3/t13-/m1/s1. The number of nitro groups is 1. The van der Waals surface area contributed by atoms with E-state index in [-0.39, 0.29) is 23.1 Å². The van der Waals surface area contributed by atoms with Crippen LogP contribution in [-0.2, 0) is 17.8 Å². The van der Waals surface area contributed by atoms with Gasteiger partial charge >= 0.3 is 5.97 Å². The van der Waals surface area contributed by atoms with Crippen LogP contribution in [0.25, 0.3) is 0 Å². The number of nitro benzene ring substituents is 1. The molecule has 0 aliphatic carbocycles. The van der Waals surface area contributed by atoms with Crippen LogP contribution in [0.2, 0.25) is 0 Å². The lowest BCUT2D eigenvalue weighted by Crippen LogP contribution is -2.43. The largest absolute Gasteiger partial charge is 0.493 e. The quantitative estimate of drug-likeness (QED) is 0.327. The molecule has 0 saturated heterocycles. The Morgan fingerprint density at radius 3 is 2.71 bits per heavy atom. The third kappa shape index (κ3) is 3.70. The van der Waals surface area contributed by atoms with Crippen LogP contribution in [0.3, 0.4) is 0 Å². The van der Waals surface area contributed by atoms with Crippen LogP contribution >= 0.6 is 11.3 Å². The number of esters is 1. The molecule has 1 aliphatic rings. The van der Waals surface area contributed by atoms with E-state index < -0.39 is 22.5 Å². The molecule has 8 nitrogen and oxygen atoms in total. The molecule has 9 heteroatoms. The molecule has 3 rings (SSSR count). The summed E-state index contributed by atoms with van der Waals surface area (Å²) in [7, 11) is 1.34. The molecule has 0 radical (unpaired) electrons. The molecule has 1 aromatic carbocycles. The minimum Gasteiger partial charge on any atom is -0.493 e. The van der Waals surface area contributed by atoms with Crippen molar-refractivity contribution in [2.24, 2.45) is 0 Å². The van der Waals surface area contributed by atoms with Crippen LogP contribution in [0.5, 0.6) is 11.5 Å². The van der Waals surface area contributed by atoms with E-state index in [1.807, 2.05) is 18.4 Å². The van der Waals surface area contributed by atoms with E-state index in [1.165, 1.54) is 25.0 Å². The van der Waals surface area contributed by atoms with Crippen LogP contribution in [0.4, 0.5) is 5.69 Å². The van der Waals surface area contributed by atoms with E-state index in [2.05, 4.69) is 0 Å². The molecule has 1 aliphatic heterocycles. The number of benzene rings is 1. The van der Waals surface area contributed by atoms with E-state index >= 15 is 0 Å². The molecule has 0 bridgehead atoms. The van der Waals surface area contributed by atoms with Crippen LogP contribution in [0.1, 0.15) is 41.1 Å². The number of amides is 1. The fraction of sp³-hybridized carbons (Fsp3) is 0.368. The topological polar surface area (TPSA) is 99.0 Å². The minimum atomic E-state index is -0.652. The maximum atomic E-state index is 13.3. The first kappa shape index (κ1) is 19.8. The fourth-order valence-electron chi connectivity index (χ4n) is 3.35. The van der Waals surface area contributed by atoms with Gasteiger partial charge in [0.1, 0.15) is 5.56 Å². The van der Waals surface area contributed by atoms with E-state index in [0.717, 1.165) is 24.5 Å². The van der Waals surface area contributed by atoms with Crippen molar-refractivity contribution in [2.45, 2.75) is 39.3 Å². The maximum absolute atomic E-state index is 13.3. The number of rotatable bonds is 5. The van der Waals surface area contributed by atoms with Crippen molar-refractivity contribution >= 4 is 28.9 Å². The zero-order chi connectivity index (χ0) is 20.4. The molecule has 148 valence electrons. The Morgan fingerprint density at radius 1 is 1.36 bits per heavy atom. The maximum Gasteiger partial charge on any atom is 0.308 e. The molecule has 0 fully saturated rings. The van der Waals surface area contributed by atoms with Crippen molar-refractivity contribution in [3.8, 4) is 11.5 Å². The van der Waals surface area contributed by atoms with Gasteiger partial charge in [-0.1, -0.05) is 6.92 Å². The average Bonchev–Trinajstić information content (AvgIpc) is 3.12. The second kappa shape index (κ2) is 7.97. The highest BCUT2D eigenvalue weighted by Crippen LogP contribution is 2.37. The summed E-state index contributed by atoms with van der Waals surface area (Å²) in [6.07, 6.45) is 1.46. The molecule has 0 N–H and O–H groups in total. The highest BCUT2D eigenvalue weighted by molar-refractivity contribution is 7.10. The van der Waals surface area contributed by atoms with Crippen molar-refractivity contribution in [1.82, 2.24) is 4.90 Å². The molecule has 2 heterocycles. The highest BCUT2D eigenvalue weighted by Gasteiger charge is 2.34.